The zero-order chi connectivity index (χ0) is 5.78. The van der Waals surface area contributed by atoms with Crippen LogP contribution < -0.4 is 0 Å². The van der Waals surface area contributed by atoms with Gasteiger partial charge in [0.15, 0.2) is 0 Å². The summed E-state index contributed by atoms with van der Waals surface area (Å²) >= 11 is 6.05. The maximum Gasteiger partial charge on any atom is 0.0392 e. The van der Waals surface area contributed by atoms with Gasteiger partial charge in [0, 0.05) is 5.38 Å². The van der Waals surface area contributed by atoms with E-state index in [1.165, 1.54) is 19.3 Å². The third kappa shape index (κ3) is 0.428. The molecule has 0 N–H and O–H groups in total. The van der Waals surface area contributed by atoms with Gasteiger partial charge in [0.2, 0.25) is 0 Å². The third-order valence-electron chi connectivity index (χ3n) is 2.81. The fourth-order valence-corrected chi connectivity index (χ4v) is 2.69. The molecule has 2 bridgehead atoms. The van der Waals surface area contributed by atoms with Crippen LogP contribution in [0, 0.1) is 11.3 Å². The second-order valence-electron chi connectivity index (χ2n) is 3.63. The van der Waals surface area contributed by atoms with E-state index < -0.39 is 0 Å². The predicted octanol–water partition coefficient (Wildman–Crippen LogP) is 2.41. The zero-order valence-electron chi connectivity index (χ0n) is 5.15. The minimum Gasteiger partial charge on any atom is -0.122 e. The van der Waals surface area contributed by atoms with Crippen molar-refractivity contribution >= 4 is 11.6 Å². The van der Waals surface area contributed by atoms with E-state index in [9.17, 15) is 0 Å². The first-order valence-corrected chi connectivity index (χ1v) is 3.78. The Morgan fingerprint density at radius 2 is 2.12 bits per heavy atom. The number of hydrogen-bond donors (Lipinski definition) is 0. The molecule has 3 aliphatic carbocycles. The van der Waals surface area contributed by atoms with Crippen molar-refractivity contribution in [2.45, 2.75) is 31.6 Å². The van der Waals surface area contributed by atoms with E-state index in [0.29, 0.717) is 10.8 Å². The van der Waals surface area contributed by atoms with Crippen molar-refractivity contribution in [2.24, 2.45) is 11.3 Å². The van der Waals surface area contributed by atoms with Crippen LogP contribution in [-0.4, -0.2) is 5.38 Å². The van der Waals surface area contributed by atoms with Crippen LogP contribution in [0.3, 0.4) is 0 Å². The highest BCUT2D eigenvalue weighted by molar-refractivity contribution is 6.21. The lowest BCUT2D eigenvalue weighted by molar-refractivity contribution is 0.173. The van der Waals surface area contributed by atoms with Crippen molar-refractivity contribution in [1.29, 1.82) is 0 Å². The first-order chi connectivity index (χ1) is 3.71. The zero-order valence-corrected chi connectivity index (χ0v) is 5.91. The monoisotopic (exact) mass is 130 g/mol. The number of halogens is 1. The van der Waals surface area contributed by atoms with Gasteiger partial charge >= 0.3 is 0 Å². The summed E-state index contributed by atoms with van der Waals surface area (Å²) in [4.78, 5) is 0. The second kappa shape index (κ2) is 1.23. The number of fused-ring (bicyclic) bond motifs is 1. The molecule has 1 unspecified atom stereocenters. The van der Waals surface area contributed by atoms with Gasteiger partial charge in [-0.3, -0.25) is 0 Å². The summed E-state index contributed by atoms with van der Waals surface area (Å²) in [5, 5.41) is 0.507. The van der Waals surface area contributed by atoms with Crippen LogP contribution in [0.2, 0.25) is 0 Å². The van der Waals surface area contributed by atoms with Crippen LogP contribution >= 0.6 is 11.6 Å². The van der Waals surface area contributed by atoms with Crippen molar-refractivity contribution in [3.63, 3.8) is 0 Å². The molecule has 1 heteroatoms. The molecule has 0 heterocycles. The third-order valence-corrected chi connectivity index (χ3v) is 3.51. The second-order valence-corrected chi connectivity index (χ2v) is 4.16. The molecule has 0 spiro atoms. The molecule has 3 rings (SSSR count). The van der Waals surface area contributed by atoms with Crippen LogP contribution in [0.25, 0.3) is 0 Å². The summed E-state index contributed by atoms with van der Waals surface area (Å²) in [5.41, 5.74) is 0.562. The average molecular weight is 131 g/mol. The predicted molar refractivity (Wildman–Crippen MR) is 35.1 cm³/mol. The Morgan fingerprint density at radius 3 is 2.25 bits per heavy atom. The Hall–Kier alpha value is 0.290. The SMILES string of the molecule is CC12CC(CC1Cl)C2. The molecule has 0 aromatic heterocycles. The lowest BCUT2D eigenvalue weighted by atomic mass is 9.71. The topological polar surface area (TPSA) is 0 Å². The molecule has 0 aliphatic heterocycles. The largest absolute Gasteiger partial charge is 0.122 e. The number of rotatable bonds is 0. The maximum atomic E-state index is 6.05. The van der Waals surface area contributed by atoms with E-state index in [-0.39, 0.29) is 0 Å². The molecule has 0 saturated heterocycles. The highest BCUT2D eigenvalue weighted by Crippen LogP contribution is 2.60. The van der Waals surface area contributed by atoms with E-state index in [1.807, 2.05) is 0 Å². The van der Waals surface area contributed by atoms with E-state index in [1.54, 1.807) is 0 Å². The number of hydrogen-bond acceptors (Lipinski definition) is 0. The highest BCUT2D eigenvalue weighted by atomic mass is 35.5. The molecule has 3 saturated carbocycles. The fourth-order valence-electron chi connectivity index (χ4n) is 2.26. The number of alkyl halides is 1. The Labute approximate surface area is 55.2 Å². The molecule has 3 aliphatic rings. The van der Waals surface area contributed by atoms with Gasteiger partial charge < -0.3 is 0 Å². The molecular formula is C7H11Cl. The van der Waals surface area contributed by atoms with Crippen molar-refractivity contribution in [2.75, 3.05) is 0 Å². The van der Waals surface area contributed by atoms with Crippen molar-refractivity contribution in [3.8, 4) is 0 Å². The van der Waals surface area contributed by atoms with Gasteiger partial charge in [0.1, 0.15) is 0 Å². The molecule has 0 aromatic carbocycles. The van der Waals surface area contributed by atoms with Crippen LogP contribution in [-0.2, 0) is 0 Å². The van der Waals surface area contributed by atoms with Gasteiger partial charge in [0.25, 0.3) is 0 Å². The van der Waals surface area contributed by atoms with Gasteiger partial charge in [-0.05, 0) is 30.6 Å². The minimum absolute atomic E-state index is 0.507. The van der Waals surface area contributed by atoms with Crippen LogP contribution in [0.1, 0.15) is 26.2 Å². The smallest absolute Gasteiger partial charge is 0.0392 e. The Kier molecular flexibility index (Phi) is 0.787. The molecule has 46 valence electrons. The molecule has 3 fully saturated rings. The molecular weight excluding hydrogens is 120 g/mol. The van der Waals surface area contributed by atoms with Gasteiger partial charge in [-0.1, -0.05) is 6.92 Å². The molecule has 8 heavy (non-hydrogen) atoms. The Balaban J connectivity index is 2.21. The van der Waals surface area contributed by atoms with Crippen molar-refractivity contribution < 1.29 is 0 Å². The Bertz CT molecular complexity index is 111. The van der Waals surface area contributed by atoms with Gasteiger partial charge in [-0.2, -0.15) is 0 Å². The quantitative estimate of drug-likeness (QED) is 0.442. The molecule has 0 aromatic rings. The van der Waals surface area contributed by atoms with Gasteiger partial charge in [-0.25, -0.2) is 0 Å². The normalized spacial score (nSPS) is 60.8. The molecule has 0 radical (unpaired) electrons. The van der Waals surface area contributed by atoms with E-state index in [2.05, 4.69) is 6.92 Å². The highest BCUT2D eigenvalue weighted by Gasteiger charge is 2.52. The van der Waals surface area contributed by atoms with Crippen LogP contribution in [0.4, 0.5) is 0 Å². The summed E-state index contributed by atoms with van der Waals surface area (Å²) in [6, 6.07) is 0. The summed E-state index contributed by atoms with van der Waals surface area (Å²) in [7, 11) is 0. The fraction of sp³-hybridized carbons (Fsp3) is 1.00. The molecule has 0 nitrogen and oxygen atoms in total. The van der Waals surface area contributed by atoms with E-state index in [0.717, 1.165) is 5.92 Å². The van der Waals surface area contributed by atoms with E-state index in [4.69, 9.17) is 11.6 Å². The minimum atomic E-state index is 0.507. The van der Waals surface area contributed by atoms with Gasteiger partial charge in [0.05, 0.1) is 0 Å². The van der Waals surface area contributed by atoms with E-state index >= 15 is 0 Å². The van der Waals surface area contributed by atoms with Crippen LogP contribution in [0.15, 0.2) is 0 Å². The Morgan fingerprint density at radius 1 is 1.50 bits per heavy atom. The summed E-state index contributed by atoms with van der Waals surface area (Å²) in [5.74, 6) is 1.00. The van der Waals surface area contributed by atoms with Crippen molar-refractivity contribution in [3.05, 3.63) is 0 Å². The lowest BCUT2D eigenvalue weighted by Crippen LogP contribution is -2.28. The van der Waals surface area contributed by atoms with Crippen LogP contribution in [0.5, 0.6) is 0 Å². The summed E-state index contributed by atoms with van der Waals surface area (Å²) in [6.07, 6.45) is 4.10. The van der Waals surface area contributed by atoms with Gasteiger partial charge in [-0.15, -0.1) is 11.6 Å². The molecule has 1 atom stereocenters. The first kappa shape index (κ1) is 5.10. The van der Waals surface area contributed by atoms with Crippen molar-refractivity contribution in [1.82, 2.24) is 0 Å². The standard InChI is InChI=1S/C7H11Cl/c1-7-3-5(4-7)2-6(7)8/h5-6H,2-4H2,1H3. The summed E-state index contributed by atoms with van der Waals surface area (Å²) < 4.78 is 0. The lowest BCUT2D eigenvalue weighted by Gasteiger charge is -2.35. The first-order valence-electron chi connectivity index (χ1n) is 3.35. The molecule has 0 amide bonds. The average Bonchev–Trinajstić information content (AvgIpc) is 1.90. The summed E-state index contributed by atoms with van der Waals surface area (Å²) in [6.45, 7) is 2.31. The maximum absolute atomic E-state index is 6.05.